The highest BCUT2D eigenvalue weighted by atomic mass is 16.3. The summed E-state index contributed by atoms with van der Waals surface area (Å²) in [6, 6.07) is 72.2. The first-order chi connectivity index (χ1) is 28.2. The van der Waals surface area contributed by atoms with E-state index in [9.17, 15) is 0 Å². The van der Waals surface area contributed by atoms with Gasteiger partial charge in [-0.1, -0.05) is 140 Å². The number of fused-ring (bicyclic) bond motifs is 6. The van der Waals surface area contributed by atoms with Gasteiger partial charge in [0.05, 0.1) is 0 Å². The maximum absolute atomic E-state index is 6.73. The smallest absolute Gasteiger partial charge is 0.227 e. The zero-order valence-electron chi connectivity index (χ0n) is 30.8. The molecule has 0 N–H and O–H groups in total. The van der Waals surface area contributed by atoms with E-state index in [2.05, 4.69) is 169 Å². The lowest BCUT2D eigenvalue weighted by atomic mass is 9.96. The summed E-state index contributed by atoms with van der Waals surface area (Å²) >= 11 is 0. The molecule has 0 unspecified atom stereocenters. The topological polar surface area (TPSA) is 42.4 Å². The molecule has 2 heterocycles. The maximum Gasteiger partial charge on any atom is 0.227 e. The molecule has 0 fully saturated rings. The SMILES string of the molecule is c1ccc(-c2ccc(N(c3ccc(-c4ccccc4)cc3)c3ccc4oc5c6cccc(-c7cccc8nc(-c9ccccc9)oc78)c6ccc5c4c3)cc2)cc1. The van der Waals surface area contributed by atoms with Crippen molar-refractivity contribution in [3.63, 3.8) is 0 Å². The first kappa shape index (κ1) is 32.7. The molecule has 0 spiro atoms. The van der Waals surface area contributed by atoms with E-state index in [-0.39, 0.29) is 0 Å². The van der Waals surface area contributed by atoms with Crippen molar-refractivity contribution in [2.24, 2.45) is 0 Å². The summed E-state index contributed by atoms with van der Waals surface area (Å²) in [6.07, 6.45) is 0. The van der Waals surface area contributed by atoms with Gasteiger partial charge in [-0.05, 0) is 99.9 Å². The Hall–Kier alpha value is -7.69. The molecule has 0 bridgehead atoms. The Bertz CT molecular complexity index is 3120. The lowest BCUT2D eigenvalue weighted by molar-refractivity contribution is 0.621. The van der Waals surface area contributed by atoms with Crippen molar-refractivity contribution < 1.29 is 8.83 Å². The van der Waals surface area contributed by atoms with Crippen molar-refractivity contribution in [1.82, 2.24) is 4.98 Å². The number of benzene rings is 9. The van der Waals surface area contributed by atoms with Crippen LogP contribution in [-0.4, -0.2) is 4.98 Å². The molecule has 0 aliphatic rings. The summed E-state index contributed by atoms with van der Waals surface area (Å²) in [5.74, 6) is 0.613. The average molecular weight is 731 g/mol. The molecule has 0 radical (unpaired) electrons. The molecule has 0 aliphatic heterocycles. The number of hydrogen-bond acceptors (Lipinski definition) is 4. The highest BCUT2D eigenvalue weighted by Crippen LogP contribution is 2.43. The molecule has 0 amide bonds. The van der Waals surface area contributed by atoms with Gasteiger partial charge in [0.25, 0.3) is 0 Å². The minimum Gasteiger partial charge on any atom is -0.455 e. The van der Waals surface area contributed by atoms with Crippen LogP contribution >= 0.6 is 0 Å². The standard InChI is InChI=1S/C53H34N2O2/c1-4-12-35(13-5-1)37-22-26-40(27-23-37)55(41-28-24-38(25-29-41)36-14-6-2-7-15-36)42-30-33-50-48(34-42)47-32-31-44-43(18-10-19-45(44)51(47)56-50)46-20-11-21-49-52(46)57-53(54-49)39-16-8-3-9-17-39/h1-34H. The van der Waals surface area contributed by atoms with Gasteiger partial charge in [-0.25, -0.2) is 4.98 Å². The van der Waals surface area contributed by atoms with Crippen LogP contribution in [0.4, 0.5) is 17.1 Å². The number of para-hydroxylation sites is 1. The Morgan fingerprint density at radius 3 is 1.51 bits per heavy atom. The minimum absolute atomic E-state index is 0.613. The Balaban J connectivity index is 1.03. The van der Waals surface area contributed by atoms with E-state index in [0.717, 1.165) is 77.6 Å². The van der Waals surface area contributed by atoms with Gasteiger partial charge in [-0.2, -0.15) is 0 Å². The molecule has 268 valence electrons. The van der Waals surface area contributed by atoms with Crippen LogP contribution in [-0.2, 0) is 0 Å². The Morgan fingerprint density at radius 1 is 0.333 bits per heavy atom. The predicted molar refractivity (Wildman–Crippen MR) is 235 cm³/mol. The molecule has 0 saturated heterocycles. The van der Waals surface area contributed by atoms with Gasteiger partial charge in [-0.3, -0.25) is 0 Å². The van der Waals surface area contributed by atoms with E-state index in [1.807, 2.05) is 42.5 Å². The molecule has 9 aromatic carbocycles. The van der Waals surface area contributed by atoms with Gasteiger partial charge in [-0.15, -0.1) is 0 Å². The van der Waals surface area contributed by atoms with Gasteiger partial charge < -0.3 is 13.7 Å². The average Bonchev–Trinajstić information content (AvgIpc) is 3.90. The van der Waals surface area contributed by atoms with Crippen molar-refractivity contribution >= 4 is 60.9 Å². The van der Waals surface area contributed by atoms with Gasteiger partial charge in [0, 0.05) is 44.3 Å². The number of aromatic nitrogens is 1. The van der Waals surface area contributed by atoms with E-state index in [4.69, 9.17) is 13.8 Å². The fourth-order valence-electron chi connectivity index (χ4n) is 8.13. The van der Waals surface area contributed by atoms with Crippen LogP contribution in [0.15, 0.2) is 215 Å². The first-order valence-corrected chi connectivity index (χ1v) is 19.2. The molecule has 0 aliphatic carbocycles. The summed E-state index contributed by atoms with van der Waals surface area (Å²) in [7, 11) is 0. The van der Waals surface area contributed by atoms with Crippen LogP contribution < -0.4 is 4.90 Å². The largest absolute Gasteiger partial charge is 0.455 e. The van der Waals surface area contributed by atoms with Crippen LogP contribution in [0.25, 0.3) is 88.6 Å². The second kappa shape index (κ2) is 13.6. The van der Waals surface area contributed by atoms with Gasteiger partial charge in [0.15, 0.2) is 5.58 Å². The fourth-order valence-corrected chi connectivity index (χ4v) is 8.13. The van der Waals surface area contributed by atoms with Gasteiger partial charge >= 0.3 is 0 Å². The molecule has 11 aromatic rings. The molecular weight excluding hydrogens is 697 g/mol. The van der Waals surface area contributed by atoms with Crippen LogP contribution in [0, 0.1) is 0 Å². The lowest BCUT2D eigenvalue weighted by Crippen LogP contribution is -2.09. The predicted octanol–water partition coefficient (Wildman–Crippen LogP) is 15.0. The third kappa shape index (κ3) is 5.74. The van der Waals surface area contributed by atoms with Crippen molar-refractivity contribution in [2.75, 3.05) is 4.90 Å². The van der Waals surface area contributed by atoms with Crippen LogP contribution in [0.3, 0.4) is 0 Å². The number of rotatable bonds is 7. The van der Waals surface area contributed by atoms with E-state index in [1.54, 1.807) is 0 Å². The van der Waals surface area contributed by atoms with Gasteiger partial charge in [0.2, 0.25) is 5.89 Å². The van der Waals surface area contributed by atoms with Crippen LogP contribution in [0.1, 0.15) is 0 Å². The summed E-state index contributed by atoms with van der Waals surface area (Å²) in [5.41, 5.74) is 14.3. The molecule has 11 rings (SSSR count). The molecule has 2 aromatic heterocycles. The summed E-state index contributed by atoms with van der Waals surface area (Å²) in [6.45, 7) is 0. The highest BCUT2D eigenvalue weighted by Gasteiger charge is 2.19. The lowest BCUT2D eigenvalue weighted by Gasteiger charge is -2.26. The van der Waals surface area contributed by atoms with Crippen LogP contribution in [0.5, 0.6) is 0 Å². The monoisotopic (exact) mass is 730 g/mol. The Labute approximate surface area is 329 Å². The summed E-state index contributed by atoms with van der Waals surface area (Å²) in [5, 5.41) is 4.27. The normalized spacial score (nSPS) is 11.5. The molecule has 4 nitrogen and oxygen atoms in total. The van der Waals surface area contributed by atoms with Gasteiger partial charge in [0.1, 0.15) is 16.7 Å². The number of nitrogens with zero attached hydrogens (tertiary/aromatic N) is 2. The second-order valence-corrected chi connectivity index (χ2v) is 14.3. The zero-order valence-corrected chi connectivity index (χ0v) is 30.8. The zero-order chi connectivity index (χ0) is 37.7. The number of oxazole rings is 1. The first-order valence-electron chi connectivity index (χ1n) is 19.2. The molecule has 0 atom stereocenters. The Morgan fingerprint density at radius 2 is 0.860 bits per heavy atom. The Kier molecular flexibility index (Phi) is 7.78. The minimum atomic E-state index is 0.613. The van der Waals surface area contributed by atoms with E-state index < -0.39 is 0 Å². The second-order valence-electron chi connectivity index (χ2n) is 14.3. The molecule has 4 heteroatoms. The molecule has 0 saturated carbocycles. The summed E-state index contributed by atoms with van der Waals surface area (Å²) in [4.78, 5) is 7.16. The van der Waals surface area contributed by atoms with E-state index in [1.165, 1.54) is 22.3 Å². The van der Waals surface area contributed by atoms with Crippen LogP contribution in [0.2, 0.25) is 0 Å². The number of anilines is 3. The maximum atomic E-state index is 6.73. The van der Waals surface area contributed by atoms with Crippen molar-refractivity contribution in [1.29, 1.82) is 0 Å². The van der Waals surface area contributed by atoms with Crippen molar-refractivity contribution in [3.05, 3.63) is 206 Å². The number of hydrogen-bond donors (Lipinski definition) is 0. The molecule has 57 heavy (non-hydrogen) atoms. The van der Waals surface area contributed by atoms with E-state index in [0.29, 0.717) is 5.89 Å². The fraction of sp³-hybridized carbons (Fsp3) is 0. The third-order valence-electron chi connectivity index (χ3n) is 10.9. The summed E-state index contributed by atoms with van der Waals surface area (Å²) < 4.78 is 13.2. The quantitative estimate of drug-likeness (QED) is 0.164. The third-order valence-corrected chi connectivity index (χ3v) is 10.9. The van der Waals surface area contributed by atoms with E-state index >= 15 is 0 Å². The van der Waals surface area contributed by atoms with Crippen molar-refractivity contribution in [2.45, 2.75) is 0 Å². The molecular formula is C53H34N2O2. The number of furan rings is 1. The highest BCUT2D eigenvalue weighted by molar-refractivity contribution is 6.18. The van der Waals surface area contributed by atoms with Crippen molar-refractivity contribution in [3.8, 4) is 44.8 Å².